The summed E-state index contributed by atoms with van der Waals surface area (Å²) in [5.74, 6) is -0.379. The summed E-state index contributed by atoms with van der Waals surface area (Å²) in [4.78, 5) is 17.0. The molecule has 0 radical (unpaired) electrons. The molecular formula is C20H23ClFN3O. The lowest BCUT2D eigenvalue weighted by Gasteiger charge is -2.37. The van der Waals surface area contributed by atoms with E-state index >= 15 is 0 Å². The number of nitrogens with zero attached hydrogens (tertiary/aromatic N) is 2. The number of carbonyl (C=O) groups excluding carboxylic acids is 1. The second-order valence-corrected chi connectivity index (χ2v) is 7.05. The third kappa shape index (κ3) is 5.04. The first-order valence-electron chi connectivity index (χ1n) is 8.78. The minimum Gasteiger partial charge on any atom is -0.325 e. The number of hydrogen-bond acceptors (Lipinski definition) is 3. The van der Waals surface area contributed by atoms with Crippen molar-refractivity contribution in [3.8, 4) is 0 Å². The Morgan fingerprint density at radius 1 is 1.08 bits per heavy atom. The topological polar surface area (TPSA) is 35.6 Å². The third-order valence-electron chi connectivity index (χ3n) is 4.77. The van der Waals surface area contributed by atoms with E-state index in [-0.39, 0.29) is 17.8 Å². The van der Waals surface area contributed by atoms with Gasteiger partial charge in [0.2, 0.25) is 5.91 Å². The van der Waals surface area contributed by atoms with Gasteiger partial charge in [-0.15, -0.1) is 0 Å². The van der Waals surface area contributed by atoms with Crippen molar-refractivity contribution >= 4 is 23.2 Å². The van der Waals surface area contributed by atoms with Crippen LogP contribution in [-0.2, 0) is 11.3 Å². The van der Waals surface area contributed by atoms with Crippen molar-refractivity contribution in [3.05, 3.63) is 64.9 Å². The molecule has 1 atom stereocenters. The van der Waals surface area contributed by atoms with Crippen molar-refractivity contribution in [2.75, 3.05) is 31.5 Å². The van der Waals surface area contributed by atoms with Crippen LogP contribution in [0.5, 0.6) is 0 Å². The average molecular weight is 376 g/mol. The van der Waals surface area contributed by atoms with Crippen LogP contribution in [0, 0.1) is 5.82 Å². The maximum Gasteiger partial charge on any atom is 0.241 e. The molecule has 3 rings (SSSR count). The standard InChI is InChI=1S/C20H23ClFN3O/c1-15(20(26)23-19-8-6-18(22)7-9-19)25-12-10-24(11-13-25)14-16-2-4-17(21)5-3-16/h2-9,15H,10-14H2,1H3,(H,23,26)/t15-/m0/s1. The Bertz CT molecular complexity index is 728. The van der Waals surface area contributed by atoms with Gasteiger partial charge in [0.15, 0.2) is 0 Å². The van der Waals surface area contributed by atoms with E-state index in [9.17, 15) is 9.18 Å². The van der Waals surface area contributed by atoms with E-state index in [1.54, 1.807) is 12.1 Å². The summed E-state index contributed by atoms with van der Waals surface area (Å²) in [6.45, 7) is 6.31. The molecule has 1 amide bonds. The lowest BCUT2D eigenvalue weighted by molar-refractivity contribution is -0.121. The van der Waals surface area contributed by atoms with E-state index in [0.717, 1.165) is 37.7 Å². The molecule has 6 heteroatoms. The summed E-state index contributed by atoms with van der Waals surface area (Å²) in [5.41, 5.74) is 1.86. The van der Waals surface area contributed by atoms with Crippen LogP contribution in [0.2, 0.25) is 5.02 Å². The van der Waals surface area contributed by atoms with E-state index in [1.165, 1.54) is 17.7 Å². The van der Waals surface area contributed by atoms with Crippen molar-refractivity contribution < 1.29 is 9.18 Å². The number of carbonyl (C=O) groups is 1. The Morgan fingerprint density at radius 2 is 1.69 bits per heavy atom. The molecule has 1 saturated heterocycles. The second kappa shape index (κ2) is 8.62. The molecule has 138 valence electrons. The number of rotatable bonds is 5. The second-order valence-electron chi connectivity index (χ2n) is 6.61. The SMILES string of the molecule is C[C@@H](C(=O)Nc1ccc(F)cc1)N1CCN(Cc2ccc(Cl)cc2)CC1. The van der Waals surface area contributed by atoms with Crippen LogP contribution in [0.15, 0.2) is 48.5 Å². The smallest absolute Gasteiger partial charge is 0.241 e. The van der Waals surface area contributed by atoms with Crippen LogP contribution in [0.25, 0.3) is 0 Å². The minimum atomic E-state index is -0.312. The maximum atomic E-state index is 13.0. The quantitative estimate of drug-likeness (QED) is 0.866. The molecule has 0 spiro atoms. The molecule has 1 N–H and O–H groups in total. The lowest BCUT2D eigenvalue weighted by atomic mass is 10.1. The van der Waals surface area contributed by atoms with Gasteiger partial charge in [-0.05, 0) is 48.9 Å². The summed E-state index contributed by atoms with van der Waals surface area (Å²) in [5, 5.41) is 3.60. The van der Waals surface area contributed by atoms with E-state index < -0.39 is 0 Å². The number of hydrogen-bond donors (Lipinski definition) is 1. The number of halogens is 2. The monoisotopic (exact) mass is 375 g/mol. The molecule has 1 heterocycles. The van der Waals surface area contributed by atoms with Crippen LogP contribution in [0.3, 0.4) is 0 Å². The summed E-state index contributed by atoms with van der Waals surface area (Å²) in [6, 6.07) is 13.5. The average Bonchev–Trinajstić information content (AvgIpc) is 2.65. The molecule has 1 aliphatic rings. The lowest BCUT2D eigenvalue weighted by Crippen LogP contribution is -2.52. The fourth-order valence-corrected chi connectivity index (χ4v) is 3.23. The molecule has 2 aromatic rings. The fraction of sp³-hybridized carbons (Fsp3) is 0.350. The Hall–Kier alpha value is -1.95. The normalized spacial score (nSPS) is 17.0. The maximum absolute atomic E-state index is 13.0. The van der Waals surface area contributed by atoms with Gasteiger partial charge in [0.25, 0.3) is 0 Å². The van der Waals surface area contributed by atoms with Crippen LogP contribution < -0.4 is 5.32 Å². The van der Waals surface area contributed by atoms with Crippen molar-refractivity contribution in [2.24, 2.45) is 0 Å². The highest BCUT2D eigenvalue weighted by Crippen LogP contribution is 2.15. The largest absolute Gasteiger partial charge is 0.325 e. The van der Waals surface area contributed by atoms with Crippen LogP contribution in [0.4, 0.5) is 10.1 Å². The predicted octanol–water partition coefficient (Wildman–Crippen LogP) is 3.62. The van der Waals surface area contributed by atoms with E-state index in [2.05, 4.69) is 15.1 Å². The molecule has 0 bridgehead atoms. The first-order chi connectivity index (χ1) is 12.5. The van der Waals surface area contributed by atoms with Gasteiger partial charge in [-0.2, -0.15) is 0 Å². The molecule has 4 nitrogen and oxygen atoms in total. The molecular weight excluding hydrogens is 353 g/mol. The van der Waals surface area contributed by atoms with Gasteiger partial charge in [0, 0.05) is 43.4 Å². The fourth-order valence-electron chi connectivity index (χ4n) is 3.10. The van der Waals surface area contributed by atoms with E-state index in [4.69, 9.17) is 11.6 Å². The number of anilines is 1. The van der Waals surface area contributed by atoms with E-state index in [0.29, 0.717) is 5.69 Å². The van der Waals surface area contributed by atoms with Crippen molar-refractivity contribution in [1.29, 1.82) is 0 Å². The Labute approximate surface area is 158 Å². The first-order valence-corrected chi connectivity index (χ1v) is 9.16. The Kier molecular flexibility index (Phi) is 6.25. The molecule has 1 fully saturated rings. The highest BCUT2D eigenvalue weighted by molar-refractivity contribution is 6.30. The molecule has 1 aliphatic heterocycles. The minimum absolute atomic E-state index is 0.0669. The Balaban J connectivity index is 1.48. The zero-order valence-corrected chi connectivity index (χ0v) is 15.5. The predicted molar refractivity (Wildman–Crippen MR) is 103 cm³/mol. The molecule has 0 aromatic heterocycles. The summed E-state index contributed by atoms with van der Waals surface area (Å²) < 4.78 is 13.0. The third-order valence-corrected chi connectivity index (χ3v) is 5.02. The summed E-state index contributed by atoms with van der Waals surface area (Å²) in [7, 11) is 0. The number of piperazine rings is 1. The zero-order valence-electron chi connectivity index (χ0n) is 14.8. The van der Waals surface area contributed by atoms with Crippen LogP contribution in [-0.4, -0.2) is 47.9 Å². The molecule has 2 aromatic carbocycles. The molecule has 0 saturated carbocycles. The van der Waals surface area contributed by atoms with Crippen molar-refractivity contribution in [2.45, 2.75) is 19.5 Å². The first kappa shape index (κ1) is 18.8. The summed E-state index contributed by atoms with van der Waals surface area (Å²) >= 11 is 5.93. The van der Waals surface area contributed by atoms with Crippen molar-refractivity contribution in [1.82, 2.24) is 9.80 Å². The Morgan fingerprint density at radius 3 is 2.31 bits per heavy atom. The number of amides is 1. The van der Waals surface area contributed by atoms with Gasteiger partial charge >= 0.3 is 0 Å². The zero-order chi connectivity index (χ0) is 18.5. The molecule has 0 unspecified atom stereocenters. The van der Waals surface area contributed by atoms with Gasteiger partial charge in [-0.25, -0.2) is 4.39 Å². The molecule has 26 heavy (non-hydrogen) atoms. The van der Waals surface area contributed by atoms with Crippen LogP contribution >= 0.6 is 11.6 Å². The van der Waals surface area contributed by atoms with E-state index in [1.807, 2.05) is 31.2 Å². The van der Waals surface area contributed by atoms with Gasteiger partial charge in [-0.1, -0.05) is 23.7 Å². The molecule has 0 aliphatic carbocycles. The van der Waals surface area contributed by atoms with Gasteiger partial charge in [-0.3, -0.25) is 14.6 Å². The van der Waals surface area contributed by atoms with Crippen molar-refractivity contribution in [3.63, 3.8) is 0 Å². The van der Waals surface area contributed by atoms with Gasteiger partial charge < -0.3 is 5.32 Å². The van der Waals surface area contributed by atoms with Crippen LogP contribution in [0.1, 0.15) is 12.5 Å². The summed E-state index contributed by atoms with van der Waals surface area (Å²) in [6.07, 6.45) is 0. The van der Waals surface area contributed by atoms with Gasteiger partial charge in [0.1, 0.15) is 5.82 Å². The number of nitrogens with one attached hydrogen (secondary N) is 1. The highest BCUT2D eigenvalue weighted by atomic mass is 35.5. The van der Waals surface area contributed by atoms with Gasteiger partial charge in [0.05, 0.1) is 6.04 Å². The number of benzene rings is 2. The highest BCUT2D eigenvalue weighted by Gasteiger charge is 2.25.